The average Bonchev–Trinajstić information content (AvgIpc) is 2.48. The first kappa shape index (κ1) is 22.9. The van der Waals surface area contributed by atoms with E-state index in [9.17, 15) is 0 Å². The third-order valence-electron chi connectivity index (χ3n) is 3.94. The lowest BCUT2D eigenvalue weighted by molar-refractivity contribution is 0.0625. The molecule has 1 rings (SSSR count). The van der Waals surface area contributed by atoms with Gasteiger partial charge in [-0.05, 0) is 52.9 Å². The Balaban J connectivity index is 0.00000484. The summed E-state index contributed by atoms with van der Waals surface area (Å²) in [7, 11) is 2.14. The van der Waals surface area contributed by atoms with Crippen molar-refractivity contribution >= 4 is 29.9 Å². The summed E-state index contributed by atoms with van der Waals surface area (Å²) in [6.07, 6.45) is 3.64. The van der Waals surface area contributed by atoms with Crippen molar-refractivity contribution in [2.45, 2.75) is 52.5 Å². The molecule has 0 aliphatic carbocycles. The highest BCUT2D eigenvalue weighted by molar-refractivity contribution is 14.0. The largest absolute Gasteiger partial charge is 0.381 e. The van der Waals surface area contributed by atoms with Crippen molar-refractivity contribution in [1.82, 2.24) is 15.5 Å². The zero-order valence-corrected chi connectivity index (χ0v) is 18.0. The maximum atomic E-state index is 5.43. The third kappa shape index (κ3) is 11.2. The minimum atomic E-state index is 0. The molecule has 1 aliphatic rings. The topological polar surface area (TPSA) is 48.9 Å². The van der Waals surface area contributed by atoms with E-state index < -0.39 is 0 Å². The fraction of sp³-hybridized carbons (Fsp3) is 0.941. The van der Waals surface area contributed by atoms with Crippen LogP contribution in [-0.4, -0.2) is 62.8 Å². The molecular formula is C17H37IN4O. The number of guanidine groups is 1. The van der Waals surface area contributed by atoms with E-state index in [0.717, 1.165) is 51.3 Å². The fourth-order valence-electron chi connectivity index (χ4n) is 2.58. The number of nitrogens with one attached hydrogen (secondary N) is 2. The lowest BCUT2D eigenvalue weighted by atomic mass is 9.96. The predicted molar refractivity (Wildman–Crippen MR) is 110 cm³/mol. The molecule has 1 saturated heterocycles. The van der Waals surface area contributed by atoms with Crippen molar-refractivity contribution in [1.29, 1.82) is 0 Å². The van der Waals surface area contributed by atoms with Crippen molar-refractivity contribution in [3.8, 4) is 0 Å². The van der Waals surface area contributed by atoms with Gasteiger partial charge in [0, 0.05) is 45.4 Å². The van der Waals surface area contributed by atoms with Crippen LogP contribution < -0.4 is 10.6 Å². The number of hydrogen-bond donors (Lipinski definition) is 2. The Hall–Kier alpha value is -0.0800. The molecule has 0 unspecified atom stereocenters. The third-order valence-corrected chi connectivity index (χ3v) is 3.94. The molecule has 0 aromatic carbocycles. The first-order valence-corrected chi connectivity index (χ1v) is 8.74. The Bertz CT molecular complexity index is 325. The summed E-state index contributed by atoms with van der Waals surface area (Å²) in [6, 6.07) is 0. The smallest absolute Gasteiger partial charge is 0.193 e. The minimum Gasteiger partial charge on any atom is -0.381 e. The molecule has 0 spiro atoms. The zero-order valence-electron chi connectivity index (χ0n) is 15.7. The van der Waals surface area contributed by atoms with Crippen LogP contribution in [0.3, 0.4) is 0 Å². The fourth-order valence-corrected chi connectivity index (χ4v) is 2.58. The van der Waals surface area contributed by atoms with Crippen LogP contribution in [-0.2, 0) is 4.74 Å². The number of hydrogen-bond acceptors (Lipinski definition) is 3. The highest BCUT2D eigenvalue weighted by atomic mass is 127. The second kappa shape index (κ2) is 12.3. The monoisotopic (exact) mass is 440 g/mol. The zero-order chi connectivity index (χ0) is 16.4. The Morgan fingerprint density at radius 1 is 1.26 bits per heavy atom. The molecule has 0 atom stereocenters. The van der Waals surface area contributed by atoms with E-state index in [1.54, 1.807) is 0 Å². The molecule has 0 radical (unpaired) electrons. The summed E-state index contributed by atoms with van der Waals surface area (Å²) in [4.78, 5) is 6.98. The van der Waals surface area contributed by atoms with E-state index in [0.29, 0.717) is 0 Å². The van der Waals surface area contributed by atoms with Crippen molar-refractivity contribution in [3.05, 3.63) is 0 Å². The maximum absolute atomic E-state index is 5.43. The molecule has 138 valence electrons. The standard InChI is InChI=1S/C17H36N4O.HI/c1-6-18-16(19-10-11-20-17(2,3)4)21(5)12-7-15-8-13-22-14-9-15;/h15,20H,6-14H2,1-5H3,(H,18,19);1H. The van der Waals surface area contributed by atoms with Crippen LogP contribution in [0.2, 0.25) is 0 Å². The number of aliphatic imine (C=N–C) groups is 1. The molecular weight excluding hydrogens is 403 g/mol. The van der Waals surface area contributed by atoms with Gasteiger partial charge in [-0.3, -0.25) is 4.99 Å². The summed E-state index contributed by atoms with van der Waals surface area (Å²) in [5.74, 6) is 1.83. The summed E-state index contributed by atoms with van der Waals surface area (Å²) < 4.78 is 5.43. The van der Waals surface area contributed by atoms with Gasteiger partial charge in [-0.25, -0.2) is 0 Å². The Labute approximate surface area is 160 Å². The Kier molecular flexibility index (Phi) is 12.3. The highest BCUT2D eigenvalue weighted by Gasteiger charge is 2.15. The minimum absolute atomic E-state index is 0. The van der Waals surface area contributed by atoms with Crippen LogP contribution in [0.1, 0.15) is 47.0 Å². The van der Waals surface area contributed by atoms with Crippen molar-refractivity contribution in [2.24, 2.45) is 10.9 Å². The molecule has 0 bridgehead atoms. The van der Waals surface area contributed by atoms with Crippen LogP contribution in [0, 0.1) is 5.92 Å². The average molecular weight is 440 g/mol. The molecule has 0 aromatic rings. The normalized spacial score (nSPS) is 16.8. The molecule has 5 nitrogen and oxygen atoms in total. The quantitative estimate of drug-likeness (QED) is 0.277. The highest BCUT2D eigenvalue weighted by Crippen LogP contribution is 2.18. The van der Waals surface area contributed by atoms with E-state index in [2.05, 4.69) is 50.3 Å². The molecule has 6 heteroatoms. The lowest BCUT2D eigenvalue weighted by Gasteiger charge is -2.27. The van der Waals surface area contributed by atoms with Gasteiger partial charge in [-0.2, -0.15) is 0 Å². The van der Waals surface area contributed by atoms with Crippen LogP contribution >= 0.6 is 24.0 Å². The summed E-state index contributed by atoms with van der Waals surface area (Å²) in [5.41, 5.74) is 0.156. The number of rotatable bonds is 7. The van der Waals surface area contributed by atoms with Gasteiger partial charge in [-0.1, -0.05) is 0 Å². The van der Waals surface area contributed by atoms with Crippen LogP contribution in [0.15, 0.2) is 4.99 Å². The van der Waals surface area contributed by atoms with Crippen molar-refractivity contribution in [2.75, 3.05) is 46.4 Å². The van der Waals surface area contributed by atoms with Gasteiger partial charge in [0.15, 0.2) is 5.96 Å². The second-order valence-corrected chi connectivity index (χ2v) is 7.18. The van der Waals surface area contributed by atoms with E-state index in [1.807, 2.05) is 0 Å². The number of halogens is 1. The summed E-state index contributed by atoms with van der Waals surface area (Å²) >= 11 is 0. The van der Waals surface area contributed by atoms with Gasteiger partial charge >= 0.3 is 0 Å². The van der Waals surface area contributed by atoms with Crippen molar-refractivity contribution < 1.29 is 4.74 Å². The second-order valence-electron chi connectivity index (χ2n) is 7.18. The van der Waals surface area contributed by atoms with Gasteiger partial charge in [0.05, 0.1) is 6.54 Å². The van der Waals surface area contributed by atoms with Crippen LogP contribution in [0.25, 0.3) is 0 Å². The van der Waals surface area contributed by atoms with Gasteiger partial charge in [0.2, 0.25) is 0 Å². The lowest BCUT2D eigenvalue weighted by Crippen LogP contribution is -2.41. The SMILES string of the molecule is CCNC(=NCCNC(C)(C)C)N(C)CCC1CCOCC1.I. The molecule has 0 amide bonds. The van der Waals surface area contributed by atoms with Gasteiger partial charge in [0.1, 0.15) is 0 Å². The predicted octanol–water partition coefficient (Wildman–Crippen LogP) is 2.71. The first-order valence-electron chi connectivity index (χ1n) is 8.74. The summed E-state index contributed by atoms with van der Waals surface area (Å²) in [5, 5.41) is 6.87. The van der Waals surface area contributed by atoms with Gasteiger partial charge in [0.25, 0.3) is 0 Å². The van der Waals surface area contributed by atoms with Crippen LogP contribution in [0.5, 0.6) is 0 Å². The molecule has 0 saturated carbocycles. The van der Waals surface area contributed by atoms with E-state index in [4.69, 9.17) is 9.73 Å². The van der Waals surface area contributed by atoms with Crippen LogP contribution in [0.4, 0.5) is 0 Å². The van der Waals surface area contributed by atoms with Gasteiger partial charge < -0.3 is 20.3 Å². The first-order chi connectivity index (χ1) is 10.4. The number of ether oxygens (including phenoxy) is 1. The number of nitrogens with zero attached hydrogens (tertiary/aromatic N) is 2. The summed E-state index contributed by atoms with van der Waals surface area (Å²) in [6.45, 7) is 14.2. The maximum Gasteiger partial charge on any atom is 0.193 e. The Morgan fingerprint density at radius 3 is 2.48 bits per heavy atom. The molecule has 0 aromatic heterocycles. The van der Waals surface area contributed by atoms with E-state index >= 15 is 0 Å². The molecule has 1 fully saturated rings. The molecule has 23 heavy (non-hydrogen) atoms. The van der Waals surface area contributed by atoms with Gasteiger partial charge in [-0.15, -0.1) is 24.0 Å². The molecule has 1 heterocycles. The molecule has 1 aliphatic heterocycles. The molecule has 2 N–H and O–H groups in total. The Morgan fingerprint density at radius 2 is 1.91 bits per heavy atom. The van der Waals surface area contributed by atoms with E-state index in [-0.39, 0.29) is 29.5 Å². The van der Waals surface area contributed by atoms with Crippen molar-refractivity contribution in [3.63, 3.8) is 0 Å². The van der Waals surface area contributed by atoms with E-state index in [1.165, 1.54) is 19.3 Å².